The number of esters is 1. The van der Waals surface area contributed by atoms with E-state index in [-0.39, 0.29) is 4.91 Å². The minimum atomic E-state index is -0.961. The molecule has 0 N–H and O–H groups in total. The zero-order valence-corrected chi connectivity index (χ0v) is 16.4. The second kappa shape index (κ2) is 7.51. The van der Waals surface area contributed by atoms with Crippen LogP contribution in [0, 0.1) is 0 Å². The van der Waals surface area contributed by atoms with Crippen LogP contribution in [-0.2, 0) is 14.3 Å². The fourth-order valence-electron chi connectivity index (χ4n) is 2.57. The predicted molar refractivity (Wildman–Crippen MR) is 103 cm³/mol. The Kier molecular flexibility index (Phi) is 5.33. The molecule has 1 atom stereocenters. The zero-order chi connectivity index (χ0) is 18.8. The lowest BCUT2D eigenvalue weighted by atomic mass is 10.2. The van der Waals surface area contributed by atoms with Gasteiger partial charge in [0.1, 0.15) is 6.04 Å². The lowest BCUT2D eigenvalue weighted by molar-refractivity contribution is -0.148. The first kappa shape index (κ1) is 18.5. The number of rotatable bonds is 4. The summed E-state index contributed by atoms with van der Waals surface area (Å²) in [5.74, 6) is -1.13. The zero-order valence-electron chi connectivity index (χ0n) is 14.0. The summed E-state index contributed by atoms with van der Waals surface area (Å²) in [6, 6.07) is 10.5. The standard InChI is InChI=1S/C18H15BrN2O4S/c1-11(17(23)25-2)21-16(22)15(26-18(21)24)10-14-4-3-9-20(14)13-7-5-12(19)6-8-13/h3-11H,1-2H3/b15-10+/t11-/m0/s1. The Morgan fingerprint density at radius 1 is 1.23 bits per heavy atom. The summed E-state index contributed by atoms with van der Waals surface area (Å²) >= 11 is 4.21. The SMILES string of the molecule is COC(=O)[C@H](C)N1C(=O)S/C(=C/c2cccn2-c2ccc(Br)cc2)C1=O. The molecule has 2 heterocycles. The minimum Gasteiger partial charge on any atom is -0.467 e. The lowest BCUT2D eigenvalue weighted by Gasteiger charge is -2.18. The fraction of sp³-hybridized carbons (Fsp3) is 0.167. The van der Waals surface area contributed by atoms with E-state index in [2.05, 4.69) is 20.7 Å². The predicted octanol–water partition coefficient (Wildman–Crippen LogP) is 3.84. The van der Waals surface area contributed by atoms with Crippen LogP contribution in [0.1, 0.15) is 12.6 Å². The molecular formula is C18H15BrN2O4S. The van der Waals surface area contributed by atoms with Crippen molar-refractivity contribution in [2.75, 3.05) is 7.11 Å². The average Bonchev–Trinajstić information content (AvgIpc) is 3.19. The van der Waals surface area contributed by atoms with Gasteiger partial charge in [0, 0.05) is 22.1 Å². The van der Waals surface area contributed by atoms with Crippen molar-refractivity contribution in [3.05, 3.63) is 57.7 Å². The monoisotopic (exact) mass is 434 g/mol. The van der Waals surface area contributed by atoms with Gasteiger partial charge in [0.05, 0.1) is 12.0 Å². The number of thioether (sulfide) groups is 1. The maximum Gasteiger partial charge on any atom is 0.328 e. The van der Waals surface area contributed by atoms with Crippen LogP contribution in [-0.4, -0.2) is 39.7 Å². The summed E-state index contributed by atoms with van der Waals surface area (Å²) in [6.45, 7) is 1.47. The van der Waals surface area contributed by atoms with Crippen molar-refractivity contribution in [2.45, 2.75) is 13.0 Å². The van der Waals surface area contributed by atoms with Gasteiger partial charge in [-0.3, -0.25) is 14.5 Å². The molecule has 6 nitrogen and oxygen atoms in total. The van der Waals surface area contributed by atoms with E-state index in [1.165, 1.54) is 14.0 Å². The Morgan fingerprint density at radius 3 is 2.58 bits per heavy atom. The lowest BCUT2D eigenvalue weighted by Crippen LogP contribution is -2.42. The molecule has 1 aromatic carbocycles. The number of nitrogens with zero attached hydrogens (tertiary/aromatic N) is 2. The summed E-state index contributed by atoms with van der Waals surface area (Å²) < 4.78 is 7.50. The van der Waals surface area contributed by atoms with Crippen LogP contribution in [0.4, 0.5) is 4.79 Å². The second-order valence-corrected chi connectivity index (χ2v) is 7.44. The van der Waals surface area contributed by atoms with Crippen molar-refractivity contribution >= 4 is 50.9 Å². The number of halogens is 1. The third kappa shape index (κ3) is 3.47. The summed E-state index contributed by atoms with van der Waals surface area (Å²) in [5, 5.41) is -0.485. The quantitative estimate of drug-likeness (QED) is 0.539. The number of benzene rings is 1. The Labute approximate surface area is 162 Å². The highest BCUT2D eigenvalue weighted by Gasteiger charge is 2.41. The maximum atomic E-state index is 12.6. The largest absolute Gasteiger partial charge is 0.467 e. The molecule has 0 radical (unpaired) electrons. The van der Waals surface area contributed by atoms with Crippen LogP contribution in [0.3, 0.4) is 0 Å². The van der Waals surface area contributed by atoms with Crippen LogP contribution < -0.4 is 0 Å². The van der Waals surface area contributed by atoms with Gasteiger partial charge >= 0.3 is 5.97 Å². The molecule has 26 heavy (non-hydrogen) atoms. The van der Waals surface area contributed by atoms with Crippen LogP contribution in [0.5, 0.6) is 0 Å². The van der Waals surface area contributed by atoms with Crippen molar-refractivity contribution < 1.29 is 19.1 Å². The molecule has 1 aliphatic heterocycles. The Morgan fingerprint density at radius 2 is 1.92 bits per heavy atom. The van der Waals surface area contributed by atoms with Gasteiger partial charge < -0.3 is 9.30 Å². The van der Waals surface area contributed by atoms with E-state index < -0.39 is 23.2 Å². The van der Waals surface area contributed by atoms with Crippen LogP contribution in [0.25, 0.3) is 11.8 Å². The topological polar surface area (TPSA) is 68.6 Å². The highest BCUT2D eigenvalue weighted by Crippen LogP contribution is 2.34. The number of aromatic nitrogens is 1. The molecule has 1 aromatic heterocycles. The highest BCUT2D eigenvalue weighted by molar-refractivity contribution is 9.10. The van der Waals surface area contributed by atoms with Crippen LogP contribution in [0.2, 0.25) is 0 Å². The first-order valence-electron chi connectivity index (χ1n) is 7.70. The molecule has 0 aliphatic carbocycles. The third-order valence-electron chi connectivity index (χ3n) is 3.92. The molecular weight excluding hydrogens is 420 g/mol. The number of amides is 2. The third-order valence-corrected chi connectivity index (χ3v) is 5.33. The van der Waals surface area contributed by atoms with Crippen molar-refractivity contribution in [1.82, 2.24) is 9.47 Å². The average molecular weight is 435 g/mol. The number of carbonyl (C=O) groups excluding carboxylic acids is 3. The van der Waals surface area contributed by atoms with E-state index in [9.17, 15) is 14.4 Å². The summed E-state index contributed by atoms with van der Waals surface area (Å²) in [7, 11) is 1.22. The number of imide groups is 1. The molecule has 0 bridgehead atoms. The fourth-order valence-corrected chi connectivity index (χ4v) is 3.73. The Bertz CT molecular complexity index is 904. The number of hydrogen-bond donors (Lipinski definition) is 0. The van der Waals surface area contributed by atoms with Gasteiger partial charge in [0.25, 0.3) is 11.1 Å². The molecule has 0 saturated carbocycles. The van der Waals surface area contributed by atoms with Gasteiger partial charge in [-0.25, -0.2) is 4.79 Å². The van der Waals surface area contributed by atoms with Crippen molar-refractivity contribution in [1.29, 1.82) is 0 Å². The highest BCUT2D eigenvalue weighted by atomic mass is 79.9. The van der Waals surface area contributed by atoms with Gasteiger partial charge in [-0.1, -0.05) is 15.9 Å². The van der Waals surface area contributed by atoms with Gasteiger partial charge in [-0.05, 0) is 61.2 Å². The Balaban J connectivity index is 1.91. The molecule has 2 amide bonds. The number of hydrogen-bond acceptors (Lipinski definition) is 5. The van der Waals surface area contributed by atoms with E-state index in [1.54, 1.807) is 6.08 Å². The molecule has 0 unspecified atom stereocenters. The molecule has 134 valence electrons. The normalized spacial score (nSPS) is 17.0. The smallest absolute Gasteiger partial charge is 0.328 e. The maximum absolute atomic E-state index is 12.6. The second-order valence-electron chi connectivity index (χ2n) is 5.53. The van der Waals surface area contributed by atoms with E-state index in [4.69, 9.17) is 0 Å². The van der Waals surface area contributed by atoms with Gasteiger partial charge in [0.15, 0.2) is 0 Å². The van der Waals surface area contributed by atoms with Gasteiger partial charge in [0.2, 0.25) is 0 Å². The Hall–Kier alpha value is -2.32. The molecule has 1 aliphatic rings. The summed E-state index contributed by atoms with van der Waals surface area (Å²) in [5.41, 5.74) is 1.68. The van der Waals surface area contributed by atoms with Gasteiger partial charge in [-0.15, -0.1) is 0 Å². The van der Waals surface area contributed by atoms with E-state index >= 15 is 0 Å². The van der Waals surface area contributed by atoms with Crippen molar-refractivity contribution in [3.8, 4) is 5.69 Å². The first-order valence-corrected chi connectivity index (χ1v) is 9.31. The van der Waals surface area contributed by atoms with Crippen molar-refractivity contribution in [2.24, 2.45) is 0 Å². The summed E-state index contributed by atoms with van der Waals surface area (Å²) in [6.07, 6.45) is 3.52. The molecule has 1 fully saturated rings. The first-order chi connectivity index (χ1) is 12.4. The number of carbonyl (C=O) groups is 3. The molecule has 1 saturated heterocycles. The van der Waals surface area contributed by atoms with E-state index in [1.807, 2.05) is 47.2 Å². The molecule has 0 spiro atoms. The van der Waals surface area contributed by atoms with Crippen LogP contribution in [0.15, 0.2) is 52.0 Å². The van der Waals surface area contributed by atoms with Crippen molar-refractivity contribution in [3.63, 3.8) is 0 Å². The summed E-state index contributed by atoms with van der Waals surface area (Å²) in [4.78, 5) is 37.6. The number of methoxy groups -OCH3 is 1. The van der Waals surface area contributed by atoms with E-state index in [0.717, 1.165) is 32.5 Å². The van der Waals surface area contributed by atoms with Gasteiger partial charge in [-0.2, -0.15) is 0 Å². The molecule has 3 rings (SSSR count). The van der Waals surface area contributed by atoms with Crippen LogP contribution >= 0.6 is 27.7 Å². The molecule has 8 heteroatoms. The minimum absolute atomic E-state index is 0.266. The van der Waals surface area contributed by atoms with E-state index in [0.29, 0.717) is 0 Å². The molecule has 2 aromatic rings. The number of ether oxygens (including phenoxy) is 1.